The number of aliphatic hydroxyl groups is 2. The van der Waals surface area contributed by atoms with Crippen molar-refractivity contribution in [1.29, 1.82) is 0 Å². The summed E-state index contributed by atoms with van der Waals surface area (Å²) in [7, 11) is 0. The lowest BCUT2D eigenvalue weighted by Crippen LogP contribution is -2.62. The van der Waals surface area contributed by atoms with Crippen molar-refractivity contribution in [3.63, 3.8) is 0 Å². The van der Waals surface area contributed by atoms with Crippen LogP contribution in [0.15, 0.2) is 47.1 Å². The number of carbonyl (C=O) groups excluding carboxylic acids is 4. The van der Waals surface area contributed by atoms with Crippen LogP contribution in [0, 0.1) is 0 Å². The van der Waals surface area contributed by atoms with Gasteiger partial charge in [-0.1, -0.05) is 0 Å². The number of fused-ring (bicyclic) bond motifs is 5. The molecule has 14 nitrogen and oxygen atoms in total. The second-order valence-corrected chi connectivity index (χ2v) is 12.5. The molecule has 0 bridgehead atoms. The first-order valence-corrected chi connectivity index (χ1v) is 14.3. The minimum Gasteiger partial charge on any atom is -0.506 e. The van der Waals surface area contributed by atoms with Crippen LogP contribution in [0.2, 0.25) is 0 Å². The molecule has 0 radical (unpaired) electrons. The van der Waals surface area contributed by atoms with Crippen molar-refractivity contribution in [3.8, 4) is 34.1 Å². The van der Waals surface area contributed by atoms with Gasteiger partial charge >= 0.3 is 11.9 Å². The number of aliphatic carboxylic acids is 1. The maximum Gasteiger partial charge on any atom is 0.317 e. The third-order valence-corrected chi connectivity index (χ3v) is 9.40. The third-order valence-electron chi connectivity index (χ3n) is 9.40. The number of benzene rings is 2. The molecule has 2 aromatic carbocycles. The largest absolute Gasteiger partial charge is 0.506 e. The number of allylic oxidation sites excluding steroid dienone is 1. The molecule has 5 aliphatic rings. The quantitative estimate of drug-likeness (QED) is 0.183. The predicted octanol–water partition coefficient (Wildman–Crippen LogP) is 2.83. The van der Waals surface area contributed by atoms with Gasteiger partial charge in [0.2, 0.25) is 11.4 Å². The number of phenolic OH excluding ortho intramolecular Hbond substituents is 2. The van der Waals surface area contributed by atoms with E-state index in [9.17, 15) is 44.4 Å². The van der Waals surface area contributed by atoms with E-state index in [1.807, 2.05) is 0 Å². The van der Waals surface area contributed by atoms with Crippen LogP contribution in [0.3, 0.4) is 0 Å². The molecular formula is C33H26O14. The Labute approximate surface area is 264 Å². The summed E-state index contributed by atoms with van der Waals surface area (Å²) in [4.78, 5) is 62.8. The maximum atomic E-state index is 13.5. The molecule has 0 amide bonds. The van der Waals surface area contributed by atoms with E-state index in [2.05, 4.69) is 0 Å². The smallest absolute Gasteiger partial charge is 0.317 e. The fourth-order valence-electron chi connectivity index (χ4n) is 7.17. The van der Waals surface area contributed by atoms with Crippen molar-refractivity contribution in [1.82, 2.24) is 0 Å². The molecule has 2 aliphatic carbocycles. The van der Waals surface area contributed by atoms with Gasteiger partial charge in [0.15, 0.2) is 29.4 Å². The molecule has 242 valence electrons. The van der Waals surface area contributed by atoms with Crippen LogP contribution in [0.5, 0.6) is 23.0 Å². The van der Waals surface area contributed by atoms with Crippen molar-refractivity contribution in [2.75, 3.05) is 0 Å². The number of ketones is 3. The number of rotatable bonds is 4. The molecule has 2 aromatic rings. The summed E-state index contributed by atoms with van der Waals surface area (Å²) in [5.74, 6) is -7.51. The van der Waals surface area contributed by atoms with Crippen LogP contribution in [-0.2, 0) is 33.4 Å². The highest BCUT2D eigenvalue weighted by Crippen LogP contribution is 2.59. The molecule has 2 fully saturated rings. The zero-order valence-corrected chi connectivity index (χ0v) is 25.2. The summed E-state index contributed by atoms with van der Waals surface area (Å²) in [6.07, 6.45) is -2.46. The highest BCUT2D eigenvalue weighted by Gasteiger charge is 2.76. The van der Waals surface area contributed by atoms with E-state index in [1.54, 1.807) is 0 Å². The summed E-state index contributed by atoms with van der Waals surface area (Å²) in [5, 5.41) is 54.7. The Morgan fingerprint density at radius 1 is 0.851 bits per heavy atom. The summed E-state index contributed by atoms with van der Waals surface area (Å²) in [6, 6.07) is 5.27. The Hall–Kier alpha value is -5.63. The average Bonchev–Trinajstić information content (AvgIpc) is 3.67. The molecule has 3 heterocycles. The summed E-state index contributed by atoms with van der Waals surface area (Å²) in [5.41, 5.74) is -6.59. The number of aromatic hydroxyl groups is 2. The number of hydrogen-bond donors (Lipinski definition) is 5. The molecule has 5 atom stereocenters. The molecule has 0 spiro atoms. The lowest BCUT2D eigenvalue weighted by atomic mass is 9.70. The molecule has 1 saturated carbocycles. The summed E-state index contributed by atoms with van der Waals surface area (Å²) < 4.78 is 23.1. The van der Waals surface area contributed by atoms with Gasteiger partial charge in [-0.25, -0.2) is 0 Å². The van der Waals surface area contributed by atoms with Gasteiger partial charge in [-0.3, -0.25) is 24.0 Å². The molecule has 5 N–H and O–H groups in total. The number of ether oxygens (including phenoxy) is 4. The van der Waals surface area contributed by atoms with Gasteiger partial charge in [-0.2, -0.15) is 0 Å². The number of epoxide rings is 1. The number of esters is 1. The van der Waals surface area contributed by atoms with E-state index >= 15 is 0 Å². The van der Waals surface area contributed by atoms with E-state index in [0.717, 1.165) is 6.08 Å². The number of phenols is 2. The molecule has 47 heavy (non-hydrogen) atoms. The number of carboxylic acids is 1. The Kier molecular flexibility index (Phi) is 5.90. The van der Waals surface area contributed by atoms with E-state index in [-0.39, 0.29) is 50.5 Å². The van der Waals surface area contributed by atoms with Gasteiger partial charge in [0.1, 0.15) is 57.7 Å². The van der Waals surface area contributed by atoms with E-state index < -0.39 is 87.7 Å². The highest BCUT2D eigenvalue weighted by atomic mass is 16.7. The molecule has 14 heteroatoms. The predicted molar refractivity (Wildman–Crippen MR) is 157 cm³/mol. The van der Waals surface area contributed by atoms with Crippen molar-refractivity contribution < 1.29 is 68.5 Å². The number of hydrogen-bond acceptors (Lipinski definition) is 13. The molecule has 7 rings (SSSR count). The van der Waals surface area contributed by atoms with Crippen LogP contribution >= 0.6 is 0 Å². The summed E-state index contributed by atoms with van der Waals surface area (Å²) >= 11 is 0. The number of carboxylic acid groups (broad SMARTS) is 1. The monoisotopic (exact) mass is 646 g/mol. The normalized spacial score (nSPS) is 30.1. The third kappa shape index (κ3) is 3.78. The average molecular weight is 647 g/mol. The molecular weight excluding hydrogens is 620 g/mol. The zero-order valence-electron chi connectivity index (χ0n) is 25.2. The number of Topliss-reactive ketones (excluding diaryl/α,β-unsaturated/α-hetero) is 2. The van der Waals surface area contributed by atoms with Gasteiger partial charge in [0.05, 0.1) is 11.1 Å². The minimum absolute atomic E-state index is 0.0932. The molecule has 1 saturated heterocycles. The number of aliphatic hydroxyl groups excluding tert-OH is 2. The highest BCUT2D eigenvalue weighted by molar-refractivity contribution is 6.25. The van der Waals surface area contributed by atoms with Crippen LogP contribution in [0.4, 0.5) is 0 Å². The lowest BCUT2D eigenvalue weighted by Gasteiger charge is -2.45. The van der Waals surface area contributed by atoms with Gasteiger partial charge in [0, 0.05) is 16.7 Å². The van der Waals surface area contributed by atoms with Gasteiger partial charge in [0.25, 0.3) is 0 Å². The first-order chi connectivity index (χ1) is 22.0. The maximum absolute atomic E-state index is 13.5. The fourth-order valence-corrected chi connectivity index (χ4v) is 7.17. The number of carbonyl (C=O) groups is 5. The Balaban J connectivity index is 1.35. The standard InChI is InChI=1S/C33H26O14/c1-11-9-14(34)21-25(40)19-15(45-31(21,2)28(11)43)7-5-12(23(19)38)13-6-8-16-20(24(13)39)26(41)22-27(42)29-33(4,47-29)30(32(22,3)46-16)44-18(37)10-17(35)36/h5-9,29-30,38-41H,10H2,1-4H3,(H,35,36). The molecule has 3 aliphatic heterocycles. The van der Waals surface area contributed by atoms with Crippen molar-refractivity contribution in [3.05, 3.63) is 58.2 Å². The van der Waals surface area contributed by atoms with Gasteiger partial charge in [-0.15, -0.1) is 0 Å². The Morgan fingerprint density at radius 2 is 1.40 bits per heavy atom. The Morgan fingerprint density at radius 3 is 1.98 bits per heavy atom. The first kappa shape index (κ1) is 30.0. The van der Waals surface area contributed by atoms with Crippen molar-refractivity contribution >= 4 is 40.8 Å². The van der Waals surface area contributed by atoms with Gasteiger partial charge in [-0.05, 0) is 58.0 Å². The van der Waals surface area contributed by atoms with E-state index in [1.165, 1.54) is 52.0 Å². The SMILES string of the molecule is CC1=CC(=O)C2=C(O)c3c(ccc(-c4ccc5c(c4O)C(O)=C4C(=O)C6OC6(C)C(OC(=O)CC(=O)O)C4(C)O5)c3O)OC2(C)C1=O. The van der Waals surface area contributed by atoms with E-state index in [0.29, 0.717) is 0 Å². The second kappa shape index (κ2) is 9.22. The Bertz CT molecular complexity index is 2030. The lowest BCUT2D eigenvalue weighted by molar-refractivity contribution is -0.170. The van der Waals surface area contributed by atoms with Crippen LogP contribution in [-0.4, -0.2) is 83.8 Å². The van der Waals surface area contributed by atoms with Crippen LogP contribution in [0.1, 0.15) is 45.2 Å². The van der Waals surface area contributed by atoms with Crippen molar-refractivity contribution in [2.24, 2.45) is 0 Å². The van der Waals surface area contributed by atoms with E-state index in [4.69, 9.17) is 24.1 Å². The van der Waals surface area contributed by atoms with Crippen LogP contribution < -0.4 is 9.47 Å². The molecule has 5 unspecified atom stereocenters. The molecule has 0 aromatic heterocycles. The minimum atomic E-state index is -1.87. The van der Waals surface area contributed by atoms with Crippen LogP contribution in [0.25, 0.3) is 22.6 Å². The topological polar surface area (TPSA) is 227 Å². The fraction of sp³-hybridized carbons (Fsp3) is 0.303. The second-order valence-electron chi connectivity index (χ2n) is 12.5. The van der Waals surface area contributed by atoms with Crippen molar-refractivity contribution in [2.45, 2.75) is 63.1 Å². The zero-order chi connectivity index (χ0) is 34.1. The first-order valence-electron chi connectivity index (χ1n) is 14.3. The summed E-state index contributed by atoms with van der Waals surface area (Å²) in [6.45, 7) is 5.62. The van der Waals surface area contributed by atoms with Gasteiger partial charge < -0.3 is 44.5 Å².